The van der Waals surface area contributed by atoms with Gasteiger partial charge >= 0.3 is 0 Å². The van der Waals surface area contributed by atoms with E-state index in [0.717, 1.165) is 0 Å². The smallest absolute Gasteiger partial charge is 0.293 e. The summed E-state index contributed by atoms with van der Waals surface area (Å²) in [6.07, 6.45) is 0. The van der Waals surface area contributed by atoms with Gasteiger partial charge in [-0.1, -0.05) is 28.1 Å². The number of nitro groups is 1. The van der Waals surface area contributed by atoms with E-state index in [0.29, 0.717) is 10.0 Å². The van der Waals surface area contributed by atoms with Crippen molar-refractivity contribution < 1.29 is 14.1 Å². The molecule has 1 atom stereocenters. The van der Waals surface area contributed by atoms with Gasteiger partial charge in [0.1, 0.15) is 17.5 Å². The van der Waals surface area contributed by atoms with Gasteiger partial charge in [-0.05, 0) is 29.8 Å². The SMILES string of the molecule is NC(=O)C(Nc1ccc(Br)cc1[N+](=O)[O-])c1ccc(F)cc1. The Morgan fingerprint density at radius 1 is 1.27 bits per heavy atom. The lowest BCUT2D eigenvalue weighted by Gasteiger charge is -2.17. The predicted octanol–water partition coefficient (Wildman–Crippen LogP) is 3.13. The molecule has 2 aromatic carbocycles. The van der Waals surface area contributed by atoms with Crippen molar-refractivity contribution in [2.24, 2.45) is 5.73 Å². The van der Waals surface area contributed by atoms with Gasteiger partial charge in [0.25, 0.3) is 5.69 Å². The van der Waals surface area contributed by atoms with Crippen molar-refractivity contribution in [2.75, 3.05) is 5.32 Å². The van der Waals surface area contributed by atoms with E-state index in [1.807, 2.05) is 0 Å². The summed E-state index contributed by atoms with van der Waals surface area (Å²) in [5.74, 6) is -1.19. The van der Waals surface area contributed by atoms with Crippen LogP contribution >= 0.6 is 15.9 Å². The molecule has 0 aliphatic rings. The molecule has 0 spiro atoms. The van der Waals surface area contributed by atoms with Gasteiger partial charge in [-0.3, -0.25) is 14.9 Å². The fraction of sp³-hybridized carbons (Fsp3) is 0.0714. The first kappa shape index (κ1) is 15.9. The van der Waals surface area contributed by atoms with Gasteiger partial charge in [-0.15, -0.1) is 0 Å². The van der Waals surface area contributed by atoms with E-state index in [1.165, 1.54) is 36.4 Å². The van der Waals surface area contributed by atoms with E-state index in [-0.39, 0.29) is 11.4 Å². The molecule has 0 radical (unpaired) electrons. The lowest BCUT2D eigenvalue weighted by molar-refractivity contribution is -0.384. The molecule has 0 saturated carbocycles. The summed E-state index contributed by atoms with van der Waals surface area (Å²) in [5.41, 5.74) is 5.68. The molecule has 0 aromatic heterocycles. The molecule has 0 aliphatic heterocycles. The van der Waals surface area contributed by atoms with Crippen molar-refractivity contribution in [2.45, 2.75) is 6.04 Å². The number of nitrogens with one attached hydrogen (secondary N) is 1. The van der Waals surface area contributed by atoms with Gasteiger partial charge < -0.3 is 11.1 Å². The zero-order chi connectivity index (χ0) is 16.3. The molecule has 8 heteroatoms. The molecule has 0 bridgehead atoms. The molecule has 0 heterocycles. The summed E-state index contributed by atoms with van der Waals surface area (Å²) in [5, 5.41) is 13.8. The van der Waals surface area contributed by atoms with Crippen molar-refractivity contribution in [1.82, 2.24) is 0 Å². The second-order valence-corrected chi connectivity index (χ2v) is 5.37. The van der Waals surface area contributed by atoms with Crippen LogP contribution < -0.4 is 11.1 Å². The van der Waals surface area contributed by atoms with E-state index in [2.05, 4.69) is 21.2 Å². The Labute approximate surface area is 133 Å². The lowest BCUT2D eigenvalue weighted by Crippen LogP contribution is -2.28. The fourth-order valence-corrected chi connectivity index (χ4v) is 2.26. The first-order chi connectivity index (χ1) is 10.4. The Hall–Kier alpha value is -2.48. The van der Waals surface area contributed by atoms with Crippen LogP contribution in [-0.2, 0) is 4.79 Å². The van der Waals surface area contributed by atoms with Crippen LogP contribution in [-0.4, -0.2) is 10.8 Å². The van der Waals surface area contributed by atoms with Crippen LogP contribution in [0.25, 0.3) is 0 Å². The molecule has 0 aliphatic carbocycles. The van der Waals surface area contributed by atoms with Gasteiger partial charge in [0.05, 0.1) is 4.92 Å². The molecule has 114 valence electrons. The van der Waals surface area contributed by atoms with Crippen LogP contribution in [0.3, 0.4) is 0 Å². The number of amides is 1. The number of nitrogens with two attached hydrogens (primary N) is 1. The van der Waals surface area contributed by atoms with Gasteiger partial charge in [0.15, 0.2) is 0 Å². The zero-order valence-electron chi connectivity index (χ0n) is 11.1. The van der Waals surface area contributed by atoms with Crippen molar-refractivity contribution in [3.05, 3.63) is 68.4 Å². The first-order valence-electron chi connectivity index (χ1n) is 6.13. The van der Waals surface area contributed by atoms with Crippen molar-refractivity contribution >= 4 is 33.2 Å². The monoisotopic (exact) mass is 367 g/mol. The van der Waals surface area contributed by atoms with E-state index >= 15 is 0 Å². The zero-order valence-corrected chi connectivity index (χ0v) is 12.7. The molecule has 0 fully saturated rings. The van der Waals surface area contributed by atoms with Crippen molar-refractivity contribution in [3.63, 3.8) is 0 Å². The van der Waals surface area contributed by atoms with Crippen LogP contribution in [0.2, 0.25) is 0 Å². The van der Waals surface area contributed by atoms with E-state index < -0.39 is 22.7 Å². The summed E-state index contributed by atoms with van der Waals surface area (Å²) in [7, 11) is 0. The van der Waals surface area contributed by atoms with Crippen molar-refractivity contribution in [1.29, 1.82) is 0 Å². The van der Waals surface area contributed by atoms with Crippen LogP contribution in [0.1, 0.15) is 11.6 Å². The lowest BCUT2D eigenvalue weighted by atomic mass is 10.1. The Morgan fingerprint density at radius 2 is 1.91 bits per heavy atom. The third-order valence-electron chi connectivity index (χ3n) is 2.94. The standard InChI is InChI=1S/C14H11BrFN3O3/c15-9-3-6-11(12(7-9)19(21)22)18-13(14(17)20)8-1-4-10(16)5-2-8/h1-7,13,18H,(H2,17,20). The maximum absolute atomic E-state index is 13.0. The van der Waals surface area contributed by atoms with Crippen LogP contribution in [0.4, 0.5) is 15.8 Å². The molecular weight excluding hydrogens is 357 g/mol. The first-order valence-corrected chi connectivity index (χ1v) is 6.93. The number of halogens is 2. The normalized spacial score (nSPS) is 11.7. The highest BCUT2D eigenvalue weighted by atomic mass is 79.9. The number of primary amides is 1. The van der Waals surface area contributed by atoms with Gasteiger partial charge in [-0.2, -0.15) is 0 Å². The Bertz CT molecular complexity index is 722. The highest BCUT2D eigenvalue weighted by Gasteiger charge is 2.22. The number of carbonyl (C=O) groups excluding carboxylic acids is 1. The minimum Gasteiger partial charge on any atom is -0.368 e. The largest absolute Gasteiger partial charge is 0.368 e. The number of anilines is 1. The van der Waals surface area contributed by atoms with E-state index in [1.54, 1.807) is 6.07 Å². The van der Waals surface area contributed by atoms with E-state index in [9.17, 15) is 19.3 Å². The number of hydrogen-bond donors (Lipinski definition) is 2. The molecular formula is C14H11BrFN3O3. The summed E-state index contributed by atoms with van der Waals surface area (Å²) < 4.78 is 13.5. The molecule has 22 heavy (non-hydrogen) atoms. The third-order valence-corrected chi connectivity index (χ3v) is 3.44. The maximum Gasteiger partial charge on any atom is 0.293 e. The highest BCUT2D eigenvalue weighted by molar-refractivity contribution is 9.10. The summed E-state index contributed by atoms with van der Waals surface area (Å²) in [4.78, 5) is 22.1. The number of nitro benzene ring substituents is 1. The molecule has 0 saturated heterocycles. The van der Waals surface area contributed by atoms with Crippen LogP contribution in [0.15, 0.2) is 46.9 Å². The van der Waals surface area contributed by atoms with Gasteiger partial charge in [0.2, 0.25) is 5.91 Å². The highest BCUT2D eigenvalue weighted by Crippen LogP contribution is 2.31. The Kier molecular flexibility index (Phi) is 4.71. The van der Waals surface area contributed by atoms with Gasteiger partial charge in [0, 0.05) is 10.5 Å². The Morgan fingerprint density at radius 3 is 2.45 bits per heavy atom. The average Bonchev–Trinajstić information content (AvgIpc) is 2.46. The minimum atomic E-state index is -1.01. The number of benzene rings is 2. The second kappa shape index (κ2) is 6.52. The minimum absolute atomic E-state index is 0.140. The molecule has 3 N–H and O–H groups in total. The summed E-state index contributed by atoms with van der Waals surface area (Å²) in [6, 6.07) is 8.50. The third kappa shape index (κ3) is 3.59. The van der Waals surface area contributed by atoms with E-state index in [4.69, 9.17) is 5.73 Å². The molecule has 1 amide bonds. The predicted molar refractivity (Wildman–Crippen MR) is 82.8 cm³/mol. The molecule has 1 unspecified atom stereocenters. The number of hydrogen-bond acceptors (Lipinski definition) is 4. The molecule has 6 nitrogen and oxygen atoms in total. The topological polar surface area (TPSA) is 98.3 Å². The van der Waals surface area contributed by atoms with Crippen LogP contribution in [0, 0.1) is 15.9 Å². The molecule has 2 aromatic rings. The van der Waals surface area contributed by atoms with Crippen LogP contribution in [0.5, 0.6) is 0 Å². The van der Waals surface area contributed by atoms with Crippen molar-refractivity contribution in [3.8, 4) is 0 Å². The molecule has 2 rings (SSSR count). The van der Waals surface area contributed by atoms with Gasteiger partial charge in [-0.25, -0.2) is 4.39 Å². The average molecular weight is 368 g/mol. The second-order valence-electron chi connectivity index (χ2n) is 4.45. The maximum atomic E-state index is 13.0. The number of carbonyl (C=O) groups is 1. The number of nitrogens with zero attached hydrogens (tertiary/aromatic N) is 1. The quantitative estimate of drug-likeness (QED) is 0.626. The summed E-state index contributed by atoms with van der Waals surface area (Å²) in [6.45, 7) is 0. The summed E-state index contributed by atoms with van der Waals surface area (Å²) >= 11 is 3.15. The number of rotatable bonds is 5. The Balaban J connectivity index is 2.39. The fourth-order valence-electron chi connectivity index (χ4n) is 1.91.